The van der Waals surface area contributed by atoms with E-state index in [-0.39, 0.29) is 0 Å². The molecule has 0 unspecified atom stereocenters. The highest BCUT2D eigenvalue weighted by Crippen LogP contribution is 2.32. The number of hydrogen-bond donors (Lipinski definition) is 0. The van der Waals surface area contributed by atoms with Crippen molar-refractivity contribution in [3.05, 3.63) is 57.6 Å². The molecule has 0 atom stereocenters. The Morgan fingerprint density at radius 2 is 1.27 bits per heavy atom. The van der Waals surface area contributed by atoms with Crippen LogP contribution < -0.4 is 4.31 Å². The molecule has 0 N–H and O–H groups in total. The maximum absolute atomic E-state index is 13.3. The summed E-state index contributed by atoms with van der Waals surface area (Å²) in [4.78, 5) is 11.9. The molecule has 0 aromatic heterocycles. The highest BCUT2D eigenvalue weighted by molar-refractivity contribution is 7.92. The fraction of sp³-hybridized carbons (Fsp3) is 0.350. The summed E-state index contributed by atoms with van der Waals surface area (Å²) in [6.07, 6.45) is 0. The van der Waals surface area contributed by atoms with E-state index in [1.807, 2.05) is 34.6 Å². The largest absolute Gasteiger partial charge is 0.465 e. The third kappa shape index (κ3) is 3.21. The highest BCUT2D eigenvalue weighted by Gasteiger charge is 2.28. The average Bonchev–Trinajstić information content (AvgIpc) is 2.63. The number of esters is 1. The van der Waals surface area contributed by atoms with Crippen LogP contribution in [0.5, 0.6) is 0 Å². The maximum atomic E-state index is 13.3. The lowest BCUT2D eigenvalue weighted by Crippen LogP contribution is -2.28. The third-order valence-corrected chi connectivity index (χ3v) is 7.26. The average molecular weight is 375 g/mol. The molecule has 0 heterocycles. The van der Waals surface area contributed by atoms with Crippen LogP contribution in [0.3, 0.4) is 0 Å². The van der Waals surface area contributed by atoms with Crippen LogP contribution in [0.15, 0.2) is 29.2 Å². The van der Waals surface area contributed by atoms with E-state index in [2.05, 4.69) is 4.74 Å². The summed E-state index contributed by atoms with van der Waals surface area (Å²) in [6, 6.07) is 6.31. The zero-order valence-electron chi connectivity index (χ0n) is 16.3. The van der Waals surface area contributed by atoms with Crippen molar-refractivity contribution in [2.75, 3.05) is 18.5 Å². The monoisotopic (exact) mass is 375 g/mol. The van der Waals surface area contributed by atoms with Crippen molar-refractivity contribution in [1.29, 1.82) is 0 Å². The second-order valence-electron chi connectivity index (χ2n) is 6.47. The van der Waals surface area contributed by atoms with Crippen LogP contribution in [0.4, 0.5) is 5.69 Å². The minimum absolute atomic E-state index is 0.345. The topological polar surface area (TPSA) is 63.7 Å². The van der Waals surface area contributed by atoms with Gasteiger partial charge in [-0.25, -0.2) is 13.2 Å². The lowest BCUT2D eigenvalue weighted by molar-refractivity contribution is 0.0600. The van der Waals surface area contributed by atoms with Crippen LogP contribution in [0.25, 0.3) is 0 Å². The van der Waals surface area contributed by atoms with Gasteiger partial charge in [0.2, 0.25) is 0 Å². The molecule has 0 aliphatic carbocycles. The summed E-state index contributed by atoms with van der Waals surface area (Å²) < 4.78 is 32.5. The third-order valence-electron chi connectivity index (χ3n) is 5.20. The lowest BCUT2D eigenvalue weighted by Gasteiger charge is -2.25. The number of sulfonamides is 1. The maximum Gasteiger partial charge on any atom is 0.337 e. The predicted molar refractivity (Wildman–Crippen MR) is 103 cm³/mol. The summed E-state index contributed by atoms with van der Waals surface area (Å²) >= 11 is 0. The van der Waals surface area contributed by atoms with Crippen LogP contribution in [0, 0.1) is 34.6 Å². The number of carbonyl (C=O) groups excluding carboxylic acids is 1. The molecule has 0 fully saturated rings. The quantitative estimate of drug-likeness (QED) is 0.762. The molecule has 2 rings (SSSR count). The van der Waals surface area contributed by atoms with Gasteiger partial charge in [-0.2, -0.15) is 0 Å². The molecule has 0 spiro atoms. The Balaban J connectivity index is 2.56. The highest BCUT2D eigenvalue weighted by atomic mass is 32.2. The van der Waals surface area contributed by atoms with E-state index in [9.17, 15) is 13.2 Å². The first-order valence-corrected chi connectivity index (χ1v) is 9.72. The van der Waals surface area contributed by atoms with Gasteiger partial charge in [-0.15, -0.1) is 0 Å². The molecule has 26 heavy (non-hydrogen) atoms. The molecule has 2 aromatic carbocycles. The molecule has 140 valence electrons. The summed E-state index contributed by atoms with van der Waals surface area (Å²) in [6.45, 7) is 9.59. The van der Waals surface area contributed by atoms with E-state index >= 15 is 0 Å². The summed E-state index contributed by atoms with van der Waals surface area (Å²) in [7, 11) is -0.911. The zero-order valence-corrected chi connectivity index (χ0v) is 17.1. The molecular formula is C20H25NO4S. The lowest BCUT2D eigenvalue weighted by atomic mass is 9.95. The molecule has 0 saturated carbocycles. The molecule has 2 aromatic rings. The van der Waals surface area contributed by atoms with Gasteiger partial charge in [0.05, 0.1) is 23.3 Å². The minimum Gasteiger partial charge on any atom is -0.465 e. The standard InChI is InChI=1S/C20H25NO4S/c1-12-13(2)15(4)19(16(5)14(12)3)26(23,24)21(6)18-10-8-17(9-11-18)20(22)25-7/h8-11H,1-7H3. The summed E-state index contributed by atoms with van der Waals surface area (Å²) in [5.74, 6) is -0.460. The van der Waals surface area contributed by atoms with Crippen LogP contribution in [-0.2, 0) is 14.8 Å². The zero-order chi connectivity index (χ0) is 19.8. The van der Waals surface area contributed by atoms with Crippen molar-refractivity contribution >= 4 is 21.7 Å². The molecule has 6 heteroatoms. The van der Waals surface area contributed by atoms with Crippen molar-refractivity contribution in [2.45, 2.75) is 39.5 Å². The Labute approximate surface area is 155 Å². The van der Waals surface area contributed by atoms with Gasteiger partial charge < -0.3 is 4.74 Å². The Kier molecular flexibility index (Phi) is 5.47. The number of anilines is 1. The van der Waals surface area contributed by atoms with Crippen molar-refractivity contribution in [3.8, 4) is 0 Å². The number of hydrogen-bond acceptors (Lipinski definition) is 4. The summed E-state index contributed by atoms with van der Waals surface area (Å²) in [5, 5.41) is 0. The number of ether oxygens (including phenoxy) is 1. The summed E-state index contributed by atoms with van der Waals surface area (Å²) in [5.41, 5.74) is 5.47. The van der Waals surface area contributed by atoms with Crippen molar-refractivity contribution in [2.24, 2.45) is 0 Å². The van der Waals surface area contributed by atoms with Crippen molar-refractivity contribution < 1.29 is 17.9 Å². The van der Waals surface area contributed by atoms with Gasteiger partial charge in [0.25, 0.3) is 10.0 Å². The number of benzene rings is 2. The van der Waals surface area contributed by atoms with Crippen LogP contribution >= 0.6 is 0 Å². The molecule has 5 nitrogen and oxygen atoms in total. The fourth-order valence-corrected chi connectivity index (χ4v) is 4.81. The minimum atomic E-state index is -3.74. The van der Waals surface area contributed by atoms with Crippen molar-refractivity contribution in [1.82, 2.24) is 0 Å². The molecule has 0 saturated heterocycles. The number of methoxy groups -OCH3 is 1. The SMILES string of the molecule is COC(=O)c1ccc(N(C)S(=O)(=O)c2c(C)c(C)c(C)c(C)c2C)cc1. The molecule has 0 bridgehead atoms. The van der Waals surface area contributed by atoms with Gasteiger partial charge in [-0.3, -0.25) is 4.31 Å². The molecule has 0 radical (unpaired) electrons. The van der Waals surface area contributed by atoms with Crippen LogP contribution in [-0.4, -0.2) is 28.5 Å². The Bertz CT molecular complexity index is 931. The molecular weight excluding hydrogens is 350 g/mol. The van der Waals surface area contributed by atoms with Gasteiger partial charge in [-0.1, -0.05) is 0 Å². The Morgan fingerprint density at radius 3 is 1.69 bits per heavy atom. The van der Waals surface area contributed by atoms with Gasteiger partial charge >= 0.3 is 5.97 Å². The van der Waals surface area contributed by atoms with E-state index in [0.717, 1.165) is 27.8 Å². The predicted octanol–water partition coefficient (Wildman–Crippen LogP) is 3.84. The molecule has 0 amide bonds. The van der Waals surface area contributed by atoms with Crippen LogP contribution in [0.2, 0.25) is 0 Å². The van der Waals surface area contributed by atoms with E-state index in [0.29, 0.717) is 16.1 Å². The molecule has 0 aliphatic heterocycles. The van der Waals surface area contributed by atoms with Crippen molar-refractivity contribution in [3.63, 3.8) is 0 Å². The van der Waals surface area contributed by atoms with E-state index in [1.165, 1.54) is 18.5 Å². The van der Waals surface area contributed by atoms with Gasteiger partial charge in [0.15, 0.2) is 0 Å². The van der Waals surface area contributed by atoms with E-state index in [4.69, 9.17) is 0 Å². The first-order chi connectivity index (χ1) is 12.0. The first-order valence-electron chi connectivity index (χ1n) is 8.28. The van der Waals surface area contributed by atoms with Gasteiger partial charge in [0, 0.05) is 7.05 Å². The fourth-order valence-electron chi connectivity index (χ4n) is 3.05. The normalized spacial score (nSPS) is 11.3. The number of rotatable bonds is 4. The Morgan fingerprint density at radius 1 is 0.846 bits per heavy atom. The van der Waals surface area contributed by atoms with E-state index in [1.54, 1.807) is 24.3 Å². The Hall–Kier alpha value is -2.34. The van der Waals surface area contributed by atoms with Gasteiger partial charge in [-0.05, 0) is 86.7 Å². The number of nitrogens with zero attached hydrogens (tertiary/aromatic N) is 1. The smallest absolute Gasteiger partial charge is 0.337 e. The van der Waals surface area contributed by atoms with Gasteiger partial charge in [0.1, 0.15) is 0 Å². The number of carbonyl (C=O) groups is 1. The molecule has 0 aliphatic rings. The second kappa shape index (κ2) is 7.11. The van der Waals surface area contributed by atoms with E-state index < -0.39 is 16.0 Å². The first kappa shape index (κ1) is 20.0. The van der Waals surface area contributed by atoms with Crippen LogP contribution in [0.1, 0.15) is 38.2 Å². The second-order valence-corrected chi connectivity index (χ2v) is 8.37.